The normalized spacial score (nSPS) is 22.1. The molecule has 1 aliphatic rings. The highest BCUT2D eigenvalue weighted by molar-refractivity contribution is 8.13. The standard InChI is InChI=1S/C15H30N2S/c1-3-4-5-6-7-8-9-10-12-16-15-17-14(2)11-13-18-15/h14H,3-13H2,1-2H3,(H,16,17). The summed E-state index contributed by atoms with van der Waals surface area (Å²) in [5, 5.41) is 4.63. The van der Waals surface area contributed by atoms with Gasteiger partial charge in [0.1, 0.15) is 0 Å². The van der Waals surface area contributed by atoms with E-state index in [-0.39, 0.29) is 0 Å². The van der Waals surface area contributed by atoms with E-state index in [4.69, 9.17) is 0 Å². The Morgan fingerprint density at radius 3 is 2.44 bits per heavy atom. The van der Waals surface area contributed by atoms with E-state index >= 15 is 0 Å². The van der Waals surface area contributed by atoms with E-state index in [0.717, 1.165) is 6.54 Å². The number of nitrogens with zero attached hydrogens (tertiary/aromatic N) is 1. The maximum Gasteiger partial charge on any atom is 0.156 e. The molecule has 1 unspecified atom stereocenters. The van der Waals surface area contributed by atoms with E-state index in [9.17, 15) is 0 Å². The van der Waals surface area contributed by atoms with Crippen molar-refractivity contribution in [2.45, 2.75) is 77.7 Å². The highest BCUT2D eigenvalue weighted by Crippen LogP contribution is 2.14. The van der Waals surface area contributed by atoms with Gasteiger partial charge in [-0.1, -0.05) is 63.6 Å². The summed E-state index contributed by atoms with van der Waals surface area (Å²) in [4.78, 5) is 4.65. The van der Waals surface area contributed by atoms with Gasteiger partial charge in [0.2, 0.25) is 0 Å². The Labute approximate surface area is 117 Å². The van der Waals surface area contributed by atoms with E-state index in [1.807, 2.05) is 11.8 Å². The molecule has 0 aliphatic carbocycles. The molecule has 18 heavy (non-hydrogen) atoms. The predicted molar refractivity (Wildman–Crippen MR) is 84.6 cm³/mol. The third-order valence-electron chi connectivity index (χ3n) is 3.43. The van der Waals surface area contributed by atoms with Crippen LogP contribution < -0.4 is 5.32 Å². The summed E-state index contributed by atoms with van der Waals surface area (Å²) in [5.74, 6) is 1.23. The summed E-state index contributed by atoms with van der Waals surface area (Å²) in [6.45, 7) is 5.53. The Bertz CT molecular complexity index is 229. The van der Waals surface area contributed by atoms with Gasteiger partial charge in [0.05, 0.1) is 0 Å². The van der Waals surface area contributed by atoms with Crippen LogP contribution in [0.4, 0.5) is 0 Å². The van der Waals surface area contributed by atoms with Crippen LogP contribution in [0.5, 0.6) is 0 Å². The predicted octanol–water partition coefficient (Wildman–Crippen LogP) is 4.60. The molecule has 0 aromatic heterocycles. The average Bonchev–Trinajstić information content (AvgIpc) is 2.37. The van der Waals surface area contributed by atoms with E-state index < -0.39 is 0 Å². The second-order valence-corrected chi connectivity index (χ2v) is 6.43. The summed E-state index contributed by atoms with van der Waals surface area (Å²) in [7, 11) is 0. The van der Waals surface area contributed by atoms with Gasteiger partial charge in [-0.15, -0.1) is 0 Å². The molecule has 3 heteroatoms. The van der Waals surface area contributed by atoms with Crippen LogP contribution in [0.25, 0.3) is 0 Å². The Morgan fingerprint density at radius 1 is 1.11 bits per heavy atom. The van der Waals surface area contributed by atoms with Gasteiger partial charge in [-0.05, 0) is 19.8 Å². The maximum absolute atomic E-state index is 4.65. The van der Waals surface area contributed by atoms with Crippen LogP contribution in [0.2, 0.25) is 0 Å². The summed E-state index contributed by atoms with van der Waals surface area (Å²) in [6, 6.07) is 0.614. The Hall–Kier alpha value is -0.180. The summed E-state index contributed by atoms with van der Waals surface area (Å²) in [5.41, 5.74) is 0. The summed E-state index contributed by atoms with van der Waals surface area (Å²) < 4.78 is 0. The molecule has 0 saturated carbocycles. The molecular weight excluding hydrogens is 240 g/mol. The van der Waals surface area contributed by atoms with Crippen molar-refractivity contribution in [1.82, 2.24) is 5.32 Å². The molecule has 1 N–H and O–H groups in total. The fraction of sp³-hybridized carbons (Fsp3) is 0.933. The van der Waals surface area contributed by atoms with Crippen LogP contribution >= 0.6 is 11.8 Å². The number of aliphatic imine (C=N–C) groups is 1. The zero-order chi connectivity index (χ0) is 13.1. The van der Waals surface area contributed by atoms with Crippen LogP contribution in [0.15, 0.2) is 4.99 Å². The van der Waals surface area contributed by atoms with Gasteiger partial charge in [-0.25, -0.2) is 0 Å². The second-order valence-electron chi connectivity index (χ2n) is 5.34. The van der Waals surface area contributed by atoms with Crippen LogP contribution in [0, 0.1) is 0 Å². The third kappa shape index (κ3) is 8.02. The van der Waals surface area contributed by atoms with Gasteiger partial charge in [0.25, 0.3) is 0 Å². The molecule has 1 saturated heterocycles. The summed E-state index contributed by atoms with van der Waals surface area (Å²) in [6.07, 6.45) is 12.3. The lowest BCUT2D eigenvalue weighted by atomic mass is 10.1. The third-order valence-corrected chi connectivity index (χ3v) is 4.39. The first-order chi connectivity index (χ1) is 8.83. The van der Waals surface area contributed by atoms with Crippen LogP contribution in [-0.4, -0.2) is 23.5 Å². The van der Waals surface area contributed by atoms with Crippen LogP contribution in [0.3, 0.4) is 0 Å². The molecule has 1 fully saturated rings. The van der Waals surface area contributed by atoms with Gasteiger partial charge in [-0.2, -0.15) is 0 Å². The Balaban J connectivity index is 1.90. The van der Waals surface area contributed by atoms with E-state index in [1.165, 1.54) is 68.7 Å². The van der Waals surface area contributed by atoms with Gasteiger partial charge >= 0.3 is 0 Å². The van der Waals surface area contributed by atoms with E-state index in [0.29, 0.717) is 6.04 Å². The zero-order valence-electron chi connectivity index (χ0n) is 12.2. The summed E-state index contributed by atoms with van der Waals surface area (Å²) >= 11 is 1.88. The zero-order valence-corrected chi connectivity index (χ0v) is 13.0. The lowest BCUT2D eigenvalue weighted by molar-refractivity contribution is 0.577. The van der Waals surface area contributed by atoms with E-state index in [2.05, 4.69) is 24.2 Å². The Kier molecular flexibility index (Phi) is 9.45. The SMILES string of the molecule is CCCCCCCCCCN=C1NC(C)CCS1. The average molecular weight is 270 g/mol. The van der Waals surface area contributed by atoms with Gasteiger partial charge in [0.15, 0.2) is 5.17 Å². The van der Waals surface area contributed by atoms with Crippen molar-refractivity contribution in [2.24, 2.45) is 4.99 Å². The molecule has 0 amide bonds. The molecular formula is C15H30N2S. The van der Waals surface area contributed by atoms with Gasteiger partial charge in [-0.3, -0.25) is 4.99 Å². The number of thioether (sulfide) groups is 1. The number of hydrogen-bond donors (Lipinski definition) is 1. The monoisotopic (exact) mass is 270 g/mol. The van der Waals surface area contributed by atoms with Crippen molar-refractivity contribution in [3.63, 3.8) is 0 Å². The van der Waals surface area contributed by atoms with Crippen LogP contribution in [0.1, 0.15) is 71.6 Å². The first kappa shape index (κ1) is 15.9. The fourth-order valence-electron chi connectivity index (χ4n) is 2.17. The smallest absolute Gasteiger partial charge is 0.156 e. The minimum absolute atomic E-state index is 0.614. The van der Waals surface area contributed by atoms with Crippen molar-refractivity contribution in [3.05, 3.63) is 0 Å². The molecule has 0 aromatic carbocycles. The lowest BCUT2D eigenvalue weighted by Crippen LogP contribution is -2.35. The number of rotatable bonds is 9. The lowest BCUT2D eigenvalue weighted by Gasteiger charge is -2.21. The number of unbranched alkanes of at least 4 members (excludes halogenated alkanes) is 7. The second kappa shape index (κ2) is 10.7. The molecule has 1 heterocycles. The van der Waals surface area contributed by atoms with Crippen molar-refractivity contribution < 1.29 is 0 Å². The first-order valence-corrected chi connectivity index (χ1v) is 8.75. The molecule has 1 aliphatic heterocycles. The van der Waals surface area contributed by atoms with Crippen molar-refractivity contribution >= 4 is 16.9 Å². The number of nitrogens with one attached hydrogen (secondary N) is 1. The largest absolute Gasteiger partial charge is 0.362 e. The molecule has 0 bridgehead atoms. The molecule has 1 rings (SSSR count). The van der Waals surface area contributed by atoms with Gasteiger partial charge in [0, 0.05) is 18.3 Å². The van der Waals surface area contributed by atoms with Gasteiger partial charge < -0.3 is 5.32 Å². The molecule has 0 spiro atoms. The molecule has 2 nitrogen and oxygen atoms in total. The maximum atomic E-state index is 4.65. The van der Waals surface area contributed by atoms with E-state index in [1.54, 1.807) is 0 Å². The minimum Gasteiger partial charge on any atom is -0.362 e. The number of hydrogen-bond acceptors (Lipinski definition) is 2. The minimum atomic E-state index is 0.614. The molecule has 1 atom stereocenters. The first-order valence-electron chi connectivity index (χ1n) is 7.76. The van der Waals surface area contributed by atoms with Crippen LogP contribution in [-0.2, 0) is 0 Å². The number of amidine groups is 1. The van der Waals surface area contributed by atoms with Crippen molar-refractivity contribution in [1.29, 1.82) is 0 Å². The molecule has 0 aromatic rings. The highest BCUT2D eigenvalue weighted by atomic mass is 32.2. The van der Waals surface area contributed by atoms with Crippen molar-refractivity contribution in [3.8, 4) is 0 Å². The van der Waals surface area contributed by atoms with Crippen molar-refractivity contribution in [2.75, 3.05) is 12.3 Å². The fourth-order valence-corrected chi connectivity index (χ4v) is 3.31. The topological polar surface area (TPSA) is 24.4 Å². The molecule has 0 radical (unpaired) electrons. The molecule has 106 valence electrons. The highest BCUT2D eigenvalue weighted by Gasteiger charge is 2.12. The Morgan fingerprint density at radius 2 is 1.78 bits per heavy atom. The quantitative estimate of drug-likeness (QED) is 0.619.